The number of carbonyl (C=O) groups is 1. The van der Waals surface area contributed by atoms with E-state index in [9.17, 15) is 4.79 Å². The molecule has 8 rings (SSSR count). The molecule has 0 spiro atoms. The van der Waals surface area contributed by atoms with Crippen molar-refractivity contribution < 1.29 is 56.9 Å². The summed E-state index contributed by atoms with van der Waals surface area (Å²) in [6, 6.07) is 59.2. The monoisotopic (exact) mass is 938 g/mol. The quantitative estimate of drug-likeness (QED) is 0.0539. The Labute approximate surface area is 405 Å². The molecule has 0 saturated carbocycles. The molecule has 0 bridgehead atoms. The number of rotatable bonds is 24. The lowest BCUT2D eigenvalue weighted by Gasteiger charge is -2.49. The molecule has 12 nitrogen and oxygen atoms in total. The summed E-state index contributed by atoms with van der Waals surface area (Å²) in [6.07, 6.45) is -9.24. The van der Waals surface area contributed by atoms with Gasteiger partial charge in [-0.2, -0.15) is 0 Å². The maximum Gasteiger partial charge on any atom is 0.303 e. The topological polar surface area (TPSA) is 119 Å². The average molecular weight is 939 g/mol. The van der Waals surface area contributed by atoms with Gasteiger partial charge in [0, 0.05) is 14.0 Å². The molecule has 0 unspecified atom stereocenters. The summed E-state index contributed by atoms with van der Waals surface area (Å²) in [7, 11) is 1.58. The molecule has 2 fully saturated rings. The maximum atomic E-state index is 13.3. The minimum atomic E-state index is -1.27. The van der Waals surface area contributed by atoms with Crippen LogP contribution in [0.1, 0.15) is 40.3 Å². The fraction of sp³-hybridized carbons (Fsp3) is 0.351. The van der Waals surface area contributed by atoms with E-state index in [-0.39, 0.29) is 39.6 Å². The standard InChI is InChI=1S/C57H62O12/c1-41(58)66-55-52(63-36-45-27-15-6-16-28-45)50(62-35-44-25-13-5-14-26-44)48(39-60-33-42-21-9-3-10-22-42)68-57(55)69-51-49(40-61-34-43-23-11-4-12-24-43)67-56(59-2)54(65-38-47-31-19-8-20-32-47)53(51)64-37-46-29-17-7-18-30-46/h3-32,48-57H,33-40H2,1-2H3/t48-,49-,50-,51+,52+,53+,54-,55-,56+,57+/m1/s1. The summed E-state index contributed by atoms with van der Waals surface area (Å²) in [4.78, 5) is 13.3. The average Bonchev–Trinajstić information content (AvgIpc) is 3.39. The summed E-state index contributed by atoms with van der Waals surface area (Å²) in [5.41, 5.74) is 5.71. The van der Waals surface area contributed by atoms with Crippen LogP contribution in [-0.4, -0.2) is 87.7 Å². The van der Waals surface area contributed by atoms with E-state index < -0.39 is 67.4 Å². The molecule has 6 aromatic carbocycles. The van der Waals surface area contributed by atoms with Crippen molar-refractivity contribution in [2.75, 3.05) is 20.3 Å². The SMILES string of the molecule is CO[C@H]1O[C@H](COCc2ccccc2)[C@H](O[C@@H]2O[C@H](COCc3ccccc3)[C@@H](OCc3ccccc3)[C@H](OCc3ccccc3)[C@H]2OC(C)=O)[C@H](OCc2ccccc2)[C@H]1OCc1ccccc1. The molecule has 362 valence electrons. The summed E-state index contributed by atoms with van der Waals surface area (Å²) in [5, 5.41) is 0. The predicted molar refractivity (Wildman–Crippen MR) is 257 cm³/mol. The molecule has 2 heterocycles. The van der Waals surface area contributed by atoms with E-state index in [4.69, 9.17) is 52.1 Å². The Balaban J connectivity index is 1.17. The third-order valence-electron chi connectivity index (χ3n) is 11.9. The van der Waals surface area contributed by atoms with Crippen LogP contribution in [-0.2, 0) is 96.5 Å². The highest BCUT2D eigenvalue weighted by Gasteiger charge is 2.55. The van der Waals surface area contributed by atoms with E-state index >= 15 is 0 Å². The molecule has 0 amide bonds. The zero-order valence-electron chi connectivity index (χ0n) is 39.1. The minimum absolute atomic E-state index is 0.0708. The van der Waals surface area contributed by atoms with Crippen molar-refractivity contribution in [1.82, 2.24) is 0 Å². The summed E-state index contributed by atoms with van der Waals surface area (Å²) in [5.74, 6) is -0.561. The summed E-state index contributed by atoms with van der Waals surface area (Å²) in [6.45, 7) is 2.96. The number of hydrogen-bond donors (Lipinski definition) is 0. The van der Waals surface area contributed by atoms with E-state index in [1.807, 2.05) is 182 Å². The largest absolute Gasteiger partial charge is 0.454 e. The normalized spacial score (nSPS) is 24.7. The molecule has 2 saturated heterocycles. The van der Waals surface area contributed by atoms with Crippen LogP contribution in [0, 0.1) is 0 Å². The first-order valence-electron chi connectivity index (χ1n) is 23.5. The molecular weight excluding hydrogens is 877 g/mol. The Kier molecular flexibility index (Phi) is 19.0. The van der Waals surface area contributed by atoms with Crippen LogP contribution >= 0.6 is 0 Å². The molecule has 0 N–H and O–H groups in total. The maximum absolute atomic E-state index is 13.3. The molecule has 69 heavy (non-hydrogen) atoms. The molecule has 2 aliphatic heterocycles. The minimum Gasteiger partial charge on any atom is -0.454 e. The Morgan fingerprint density at radius 1 is 0.391 bits per heavy atom. The van der Waals surface area contributed by atoms with Gasteiger partial charge in [-0.05, 0) is 33.4 Å². The van der Waals surface area contributed by atoms with Crippen LogP contribution in [0.3, 0.4) is 0 Å². The van der Waals surface area contributed by atoms with Gasteiger partial charge in [0.15, 0.2) is 18.7 Å². The molecule has 12 heteroatoms. The van der Waals surface area contributed by atoms with Crippen LogP contribution in [0.2, 0.25) is 0 Å². The molecule has 2 aliphatic rings. The molecule has 6 aromatic rings. The second-order valence-electron chi connectivity index (χ2n) is 17.0. The smallest absolute Gasteiger partial charge is 0.303 e. The number of hydrogen-bond acceptors (Lipinski definition) is 12. The molecule has 0 radical (unpaired) electrons. The lowest BCUT2D eigenvalue weighted by molar-refractivity contribution is -0.372. The van der Waals surface area contributed by atoms with E-state index in [0.29, 0.717) is 13.2 Å². The van der Waals surface area contributed by atoms with E-state index in [1.54, 1.807) is 7.11 Å². The first kappa shape index (κ1) is 49.8. The number of esters is 1. The Bertz CT molecular complexity index is 2350. The zero-order chi connectivity index (χ0) is 47.5. The van der Waals surface area contributed by atoms with Gasteiger partial charge in [-0.25, -0.2) is 0 Å². The van der Waals surface area contributed by atoms with Crippen molar-refractivity contribution >= 4 is 5.97 Å². The number of benzene rings is 6. The zero-order valence-corrected chi connectivity index (χ0v) is 39.1. The highest BCUT2D eigenvalue weighted by molar-refractivity contribution is 5.66. The second kappa shape index (κ2) is 26.4. The summed E-state index contributed by atoms with van der Waals surface area (Å²) >= 11 is 0. The number of ether oxygens (including phenoxy) is 11. The van der Waals surface area contributed by atoms with E-state index in [0.717, 1.165) is 33.4 Å². The van der Waals surface area contributed by atoms with Crippen molar-refractivity contribution in [3.05, 3.63) is 215 Å². The van der Waals surface area contributed by atoms with Crippen LogP contribution in [0.15, 0.2) is 182 Å². The van der Waals surface area contributed by atoms with Crippen LogP contribution in [0.5, 0.6) is 0 Å². The van der Waals surface area contributed by atoms with Gasteiger partial charge in [-0.1, -0.05) is 182 Å². The van der Waals surface area contributed by atoms with E-state index in [1.165, 1.54) is 6.92 Å². The predicted octanol–water partition coefficient (Wildman–Crippen LogP) is 9.17. The van der Waals surface area contributed by atoms with Gasteiger partial charge in [0.25, 0.3) is 0 Å². The highest BCUT2D eigenvalue weighted by atomic mass is 16.8. The first-order valence-corrected chi connectivity index (χ1v) is 23.5. The van der Waals surface area contributed by atoms with Crippen molar-refractivity contribution in [1.29, 1.82) is 0 Å². The molecule has 0 aliphatic carbocycles. The van der Waals surface area contributed by atoms with Gasteiger partial charge in [0.2, 0.25) is 0 Å². The van der Waals surface area contributed by atoms with Crippen molar-refractivity contribution in [3.8, 4) is 0 Å². The Morgan fingerprint density at radius 2 is 0.710 bits per heavy atom. The third kappa shape index (κ3) is 14.7. The fourth-order valence-corrected chi connectivity index (χ4v) is 8.52. The van der Waals surface area contributed by atoms with Gasteiger partial charge in [-0.15, -0.1) is 0 Å². The second-order valence-corrected chi connectivity index (χ2v) is 17.0. The van der Waals surface area contributed by atoms with Gasteiger partial charge in [0.05, 0.1) is 52.9 Å². The van der Waals surface area contributed by atoms with Gasteiger partial charge in [0.1, 0.15) is 42.7 Å². The lowest BCUT2D eigenvalue weighted by atomic mass is 9.95. The Hall–Kier alpha value is -5.61. The lowest BCUT2D eigenvalue weighted by Crippen LogP contribution is -2.66. The molecule has 10 atom stereocenters. The first-order chi connectivity index (χ1) is 34.0. The number of methoxy groups -OCH3 is 1. The Morgan fingerprint density at radius 3 is 1.09 bits per heavy atom. The van der Waals surface area contributed by atoms with Gasteiger partial charge in [-0.3, -0.25) is 4.79 Å². The highest BCUT2D eigenvalue weighted by Crippen LogP contribution is 2.36. The van der Waals surface area contributed by atoms with Gasteiger partial charge < -0.3 is 52.1 Å². The van der Waals surface area contributed by atoms with Crippen LogP contribution in [0.25, 0.3) is 0 Å². The van der Waals surface area contributed by atoms with Crippen molar-refractivity contribution in [3.63, 3.8) is 0 Å². The van der Waals surface area contributed by atoms with Crippen molar-refractivity contribution in [2.24, 2.45) is 0 Å². The van der Waals surface area contributed by atoms with Crippen LogP contribution in [0.4, 0.5) is 0 Å². The van der Waals surface area contributed by atoms with Crippen molar-refractivity contribution in [2.45, 2.75) is 108 Å². The number of carbonyl (C=O) groups excluding carboxylic acids is 1. The van der Waals surface area contributed by atoms with Crippen LogP contribution < -0.4 is 0 Å². The third-order valence-corrected chi connectivity index (χ3v) is 11.9. The van der Waals surface area contributed by atoms with E-state index in [2.05, 4.69) is 0 Å². The van der Waals surface area contributed by atoms with Gasteiger partial charge >= 0.3 is 5.97 Å². The molecule has 0 aromatic heterocycles. The molecular formula is C57H62O12. The fourth-order valence-electron chi connectivity index (χ4n) is 8.52. The summed E-state index contributed by atoms with van der Waals surface area (Å²) < 4.78 is 73.6.